The molecule has 1 heterocycles. The van der Waals surface area contributed by atoms with Crippen molar-refractivity contribution in [2.24, 2.45) is 0 Å². The molecular formula is C17H20N2OS. The first kappa shape index (κ1) is 15.6. The molecule has 0 saturated heterocycles. The van der Waals surface area contributed by atoms with Gasteiger partial charge in [-0.15, -0.1) is 11.3 Å². The molecule has 2 aromatic rings. The van der Waals surface area contributed by atoms with Crippen LogP contribution in [-0.4, -0.2) is 18.2 Å². The van der Waals surface area contributed by atoms with E-state index in [1.54, 1.807) is 24.3 Å². The number of anilines is 1. The van der Waals surface area contributed by atoms with Gasteiger partial charge in [0.25, 0.3) is 0 Å². The Kier molecular flexibility index (Phi) is 5.00. The fraction of sp³-hybridized carbons (Fsp3) is 0.353. The summed E-state index contributed by atoms with van der Waals surface area (Å²) in [5.41, 5.74) is 2.40. The molecule has 1 N–H and O–H groups in total. The van der Waals surface area contributed by atoms with Crippen molar-refractivity contribution in [1.29, 1.82) is 5.26 Å². The van der Waals surface area contributed by atoms with Gasteiger partial charge in [-0.1, -0.05) is 12.1 Å². The van der Waals surface area contributed by atoms with Gasteiger partial charge in [-0.25, -0.2) is 0 Å². The summed E-state index contributed by atoms with van der Waals surface area (Å²) < 4.78 is 0. The van der Waals surface area contributed by atoms with Crippen LogP contribution < -0.4 is 4.90 Å². The molecule has 110 valence electrons. The monoisotopic (exact) mass is 300 g/mol. The fourth-order valence-electron chi connectivity index (χ4n) is 2.37. The average molecular weight is 300 g/mol. The van der Waals surface area contributed by atoms with Crippen LogP contribution in [0.15, 0.2) is 35.7 Å². The first-order valence-corrected chi connectivity index (χ1v) is 7.88. The number of nitriles is 1. The predicted octanol–water partition coefficient (Wildman–Crippen LogP) is 3.74. The van der Waals surface area contributed by atoms with E-state index in [1.165, 1.54) is 4.88 Å². The van der Waals surface area contributed by atoms with Crippen LogP contribution in [0, 0.1) is 11.3 Å². The van der Waals surface area contributed by atoms with E-state index in [1.807, 2.05) is 19.2 Å². The van der Waals surface area contributed by atoms with Gasteiger partial charge in [-0.05, 0) is 37.4 Å². The molecule has 0 aliphatic heterocycles. The maximum absolute atomic E-state index is 9.95. The van der Waals surface area contributed by atoms with Gasteiger partial charge < -0.3 is 10.0 Å². The van der Waals surface area contributed by atoms with E-state index in [9.17, 15) is 5.11 Å². The van der Waals surface area contributed by atoms with Gasteiger partial charge in [0.2, 0.25) is 0 Å². The quantitative estimate of drug-likeness (QED) is 0.915. The Bertz CT molecular complexity index is 629. The highest BCUT2D eigenvalue weighted by molar-refractivity contribution is 7.09. The van der Waals surface area contributed by atoms with Gasteiger partial charge in [0.15, 0.2) is 0 Å². The molecule has 3 nitrogen and oxygen atoms in total. The molecule has 0 saturated carbocycles. The second kappa shape index (κ2) is 6.75. The topological polar surface area (TPSA) is 47.3 Å². The molecule has 1 aromatic carbocycles. The van der Waals surface area contributed by atoms with Crippen LogP contribution in [0.3, 0.4) is 0 Å². The summed E-state index contributed by atoms with van der Waals surface area (Å²) in [6.45, 7) is 3.91. The van der Waals surface area contributed by atoms with Crippen molar-refractivity contribution >= 4 is 17.0 Å². The lowest BCUT2D eigenvalue weighted by atomic mass is 10.0. The minimum Gasteiger partial charge on any atom is -0.389 e. The van der Waals surface area contributed by atoms with Crippen molar-refractivity contribution in [2.75, 3.05) is 11.9 Å². The maximum Gasteiger partial charge on any atom is 0.0992 e. The lowest BCUT2D eigenvalue weighted by Gasteiger charge is -2.29. The summed E-state index contributed by atoms with van der Waals surface area (Å²) in [6, 6.07) is 12.1. The lowest BCUT2D eigenvalue weighted by Crippen LogP contribution is -2.31. The van der Waals surface area contributed by atoms with Crippen LogP contribution in [0.4, 0.5) is 5.69 Å². The minimum absolute atomic E-state index is 0.287. The Balaban J connectivity index is 2.28. The normalized spacial score (nSPS) is 13.5. The molecule has 0 bridgehead atoms. The van der Waals surface area contributed by atoms with Crippen LogP contribution in [0.5, 0.6) is 0 Å². The van der Waals surface area contributed by atoms with Crippen molar-refractivity contribution in [2.45, 2.75) is 32.4 Å². The fourth-order valence-corrected chi connectivity index (χ4v) is 3.19. The maximum atomic E-state index is 9.95. The summed E-state index contributed by atoms with van der Waals surface area (Å²) in [5, 5.41) is 21.1. The van der Waals surface area contributed by atoms with Gasteiger partial charge in [-0.3, -0.25) is 0 Å². The predicted molar refractivity (Wildman–Crippen MR) is 87.7 cm³/mol. The number of aliphatic hydroxyl groups excluding tert-OH is 1. The Morgan fingerprint density at radius 3 is 2.67 bits per heavy atom. The average Bonchev–Trinajstić information content (AvgIpc) is 2.98. The zero-order chi connectivity index (χ0) is 15.4. The second-order valence-corrected chi connectivity index (χ2v) is 6.34. The molecule has 0 fully saturated rings. The van der Waals surface area contributed by atoms with E-state index >= 15 is 0 Å². The standard InChI is InChI=1S/C17H20N2OS/c1-12(9-15-5-4-8-21-15)19(3)17-10-14(11-18)6-7-16(17)13(2)20/h4-8,10,12-13,20H,9H2,1-3H3/t12?,13-/m1/s1. The SMILES string of the molecule is CC(Cc1cccs1)N(C)c1cc(C#N)ccc1[C@@H](C)O. The number of hydrogen-bond acceptors (Lipinski definition) is 4. The highest BCUT2D eigenvalue weighted by atomic mass is 32.1. The largest absolute Gasteiger partial charge is 0.389 e. The number of hydrogen-bond donors (Lipinski definition) is 1. The van der Waals surface area contributed by atoms with Gasteiger partial charge >= 0.3 is 0 Å². The van der Waals surface area contributed by atoms with Crippen LogP contribution in [0.1, 0.15) is 36.0 Å². The first-order valence-electron chi connectivity index (χ1n) is 7.00. The van der Waals surface area contributed by atoms with Gasteiger partial charge in [0, 0.05) is 35.6 Å². The van der Waals surface area contributed by atoms with E-state index in [2.05, 4.69) is 35.4 Å². The van der Waals surface area contributed by atoms with Crippen LogP contribution in [0.25, 0.3) is 0 Å². The lowest BCUT2D eigenvalue weighted by molar-refractivity contribution is 0.199. The van der Waals surface area contributed by atoms with Crippen LogP contribution in [-0.2, 0) is 6.42 Å². The van der Waals surface area contributed by atoms with E-state index < -0.39 is 6.10 Å². The van der Waals surface area contributed by atoms with Crippen molar-refractivity contribution in [3.05, 3.63) is 51.7 Å². The van der Waals surface area contributed by atoms with Gasteiger partial charge in [-0.2, -0.15) is 5.26 Å². The Morgan fingerprint density at radius 2 is 2.10 bits per heavy atom. The minimum atomic E-state index is -0.552. The summed E-state index contributed by atoms with van der Waals surface area (Å²) in [4.78, 5) is 3.48. The zero-order valence-electron chi connectivity index (χ0n) is 12.6. The molecule has 0 spiro atoms. The number of benzene rings is 1. The van der Waals surface area contributed by atoms with Gasteiger partial charge in [0.05, 0.1) is 17.7 Å². The number of thiophene rings is 1. The van der Waals surface area contributed by atoms with E-state index in [-0.39, 0.29) is 6.04 Å². The molecule has 0 radical (unpaired) electrons. The van der Waals surface area contributed by atoms with Crippen molar-refractivity contribution in [1.82, 2.24) is 0 Å². The number of aliphatic hydroxyl groups is 1. The van der Waals surface area contributed by atoms with Crippen LogP contribution in [0.2, 0.25) is 0 Å². The molecular weight excluding hydrogens is 280 g/mol. The van der Waals surface area contributed by atoms with Crippen molar-refractivity contribution in [3.63, 3.8) is 0 Å². The Morgan fingerprint density at radius 1 is 1.33 bits per heavy atom. The van der Waals surface area contributed by atoms with E-state index in [0.29, 0.717) is 5.56 Å². The van der Waals surface area contributed by atoms with E-state index in [0.717, 1.165) is 17.7 Å². The summed E-state index contributed by atoms with van der Waals surface area (Å²) in [6.07, 6.45) is 0.397. The second-order valence-electron chi connectivity index (χ2n) is 5.30. The van der Waals surface area contributed by atoms with Crippen molar-refractivity contribution < 1.29 is 5.11 Å². The smallest absolute Gasteiger partial charge is 0.0992 e. The number of rotatable bonds is 5. The molecule has 2 rings (SSSR count). The van der Waals surface area contributed by atoms with Crippen LogP contribution >= 0.6 is 11.3 Å². The highest BCUT2D eigenvalue weighted by Gasteiger charge is 2.17. The number of nitrogens with zero attached hydrogens (tertiary/aromatic N) is 2. The number of likely N-dealkylation sites (N-methyl/N-ethyl adjacent to an activating group) is 1. The van der Waals surface area contributed by atoms with E-state index in [4.69, 9.17) is 5.26 Å². The third-order valence-corrected chi connectivity index (χ3v) is 4.63. The third kappa shape index (κ3) is 3.63. The molecule has 0 aliphatic carbocycles. The highest BCUT2D eigenvalue weighted by Crippen LogP contribution is 2.29. The molecule has 21 heavy (non-hydrogen) atoms. The molecule has 0 aliphatic rings. The summed E-state index contributed by atoms with van der Waals surface area (Å²) in [7, 11) is 2.01. The van der Waals surface area contributed by atoms with Crippen molar-refractivity contribution in [3.8, 4) is 6.07 Å². The Hall–Kier alpha value is -1.83. The summed E-state index contributed by atoms with van der Waals surface area (Å²) >= 11 is 1.75. The molecule has 1 unspecified atom stereocenters. The van der Waals surface area contributed by atoms with Gasteiger partial charge in [0.1, 0.15) is 0 Å². The summed E-state index contributed by atoms with van der Waals surface area (Å²) in [5.74, 6) is 0. The zero-order valence-corrected chi connectivity index (χ0v) is 13.4. The molecule has 1 aromatic heterocycles. The molecule has 0 amide bonds. The third-order valence-electron chi connectivity index (χ3n) is 3.73. The molecule has 4 heteroatoms. The first-order chi connectivity index (χ1) is 10.0. The molecule has 2 atom stereocenters. The Labute approximate surface area is 130 Å².